The Bertz CT molecular complexity index is 539. The van der Waals surface area contributed by atoms with Crippen LogP contribution in [-0.2, 0) is 10.0 Å². The third kappa shape index (κ3) is 5.93. The standard InChI is InChI=1S/C15H24N2O3S/c1-2-14(11-12-3-4-12)17-21(18,19)10-9-20-15-7-5-13(16)6-8-15/h5-8,12,14,17H,2-4,9-11,16H2,1H3. The number of sulfonamides is 1. The number of ether oxygens (including phenoxy) is 1. The van der Waals surface area contributed by atoms with Gasteiger partial charge in [0.2, 0.25) is 10.0 Å². The van der Waals surface area contributed by atoms with Gasteiger partial charge >= 0.3 is 0 Å². The molecule has 0 aliphatic heterocycles. The minimum absolute atomic E-state index is 0.0292. The number of anilines is 1. The van der Waals surface area contributed by atoms with Gasteiger partial charge in [-0.05, 0) is 43.0 Å². The highest BCUT2D eigenvalue weighted by Gasteiger charge is 2.26. The zero-order chi connectivity index (χ0) is 15.3. The molecule has 1 saturated carbocycles. The van der Waals surface area contributed by atoms with E-state index in [1.54, 1.807) is 24.3 Å². The van der Waals surface area contributed by atoms with Crippen LogP contribution in [0.2, 0.25) is 0 Å². The van der Waals surface area contributed by atoms with Gasteiger partial charge in [0.25, 0.3) is 0 Å². The van der Waals surface area contributed by atoms with Gasteiger partial charge in [-0.25, -0.2) is 13.1 Å². The average Bonchev–Trinajstić information content (AvgIpc) is 3.24. The lowest BCUT2D eigenvalue weighted by Crippen LogP contribution is -2.37. The quantitative estimate of drug-likeness (QED) is 0.685. The summed E-state index contributed by atoms with van der Waals surface area (Å²) in [5.41, 5.74) is 6.23. The van der Waals surface area contributed by atoms with Crippen LogP contribution in [0.25, 0.3) is 0 Å². The summed E-state index contributed by atoms with van der Waals surface area (Å²) >= 11 is 0. The molecule has 118 valence electrons. The number of nitrogens with one attached hydrogen (secondary N) is 1. The molecule has 0 bridgehead atoms. The molecule has 6 heteroatoms. The van der Waals surface area contributed by atoms with E-state index < -0.39 is 10.0 Å². The summed E-state index contributed by atoms with van der Waals surface area (Å²) in [5.74, 6) is 1.31. The van der Waals surface area contributed by atoms with Crippen molar-refractivity contribution in [1.29, 1.82) is 0 Å². The Morgan fingerprint density at radius 3 is 2.57 bits per heavy atom. The number of nitrogen functional groups attached to an aromatic ring is 1. The van der Waals surface area contributed by atoms with Crippen molar-refractivity contribution in [3.8, 4) is 5.75 Å². The van der Waals surface area contributed by atoms with Crippen molar-refractivity contribution in [1.82, 2.24) is 4.72 Å². The summed E-state index contributed by atoms with van der Waals surface area (Å²) in [5, 5.41) is 0. The maximum absolute atomic E-state index is 12.0. The Hall–Kier alpha value is -1.27. The fourth-order valence-corrected chi connectivity index (χ4v) is 3.39. The van der Waals surface area contributed by atoms with Crippen molar-refractivity contribution in [2.24, 2.45) is 5.92 Å². The van der Waals surface area contributed by atoms with E-state index >= 15 is 0 Å². The lowest BCUT2D eigenvalue weighted by molar-refractivity contribution is 0.339. The molecule has 2 rings (SSSR count). The van der Waals surface area contributed by atoms with Crippen molar-refractivity contribution in [3.05, 3.63) is 24.3 Å². The fraction of sp³-hybridized carbons (Fsp3) is 0.600. The van der Waals surface area contributed by atoms with E-state index in [-0.39, 0.29) is 18.4 Å². The van der Waals surface area contributed by atoms with Crippen molar-refractivity contribution in [2.45, 2.75) is 38.6 Å². The van der Waals surface area contributed by atoms with Crippen LogP contribution in [0.15, 0.2) is 24.3 Å². The highest BCUT2D eigenvalue weighted by Crippen LogP contribution is 2.34. The zero-order valence-corrected chi connectivity index (χ0v) is 13.2. The number of benzene rings is 1. The lowest BCUT2D eigenvalue weighted by Gasteiger charge is -2.17. The average molecular weight is 312 g/mol. The topological polar surface area (TPSA) is 81.4 Å². The van der Waals surface area contributed by atoms with Gasteiger partial charge in [-0.2, -0.15) is 0 Å². The molecule has 1 aromatic rings. The third-order valence-corrected chi connectivity index (χ3v) is 5.05. The summed E-state index contributed by atoms with van der Waals surface area (Å²) in [6.45, 7) is 2.15. The van der Waals surface area contributed by atoms with Crippen LogP contribution < -0.4 is 15.2 Å². The maximum atomic E-state index is 12.0. The van der Waals surface area contributed by atoms with Crippen LogP contribution in [0.5, 0.6) is 5.75 Å². The van der Waals surface area contributed by atoms with Gasteiger partial charge in [0.1, 0.15) is 12.4 Å². The second kappa shape index (κ2) is 7.13. The maximum Gasteiger partial charge on any atom is 0.215 e. The largest absolute Gasteiger partial charge is 0.492 e. The first kappa shape index (κ1) is 16.1. The monoisotopic (exact) mass is 312 g/mol. The Labute approximate surface area is 126 Å². The predicted molar refractivity (Wildman–Crippen MR) is 84.7 cm³/mol. The van der Waals surface area contributed by atoms with Gasteiger partial charge in [0, 0.05) is 11.7 Å². The lowest BCUT2D eigenvalue weighted by atomic mass is 10.1. The van der Waals surface area contributed by atoms with Gasteiger partial charge in [-0.15, -0.1) is 0 Å². The van der Waals surface area contributed by atoms with E-state index in [0.29, 0.717) is 17.4 Å². The molecule has 0 aromatic heterocycles. The second-order valence-electron chi connectivity index (χ2n) is 5.64. The van der Waals surface area contributed by atoms with Crippen molar-refractivity contribution < 1.29 is 13.2 Å². The van der Waals surface area contributed by atoms with Gasteiger partial charge in [-0.3, -0.25) is 0 Å². The van der Waals surface area contributed by atoms with Crippen LogP contribution in [0, 0.1) is 5.92 Å². The van der Waals surface area contributed by atoms with Crippen molar-refractivity contribution in [2.75, 3.05) is 18.1 Å². The molecule has 21 heavy (non-hydrogen) atoms. The third-order valence-electron chi connectivity index (χ3n) is 3.65. The number of rotatable bonds is 9. The number of hydrogen-bond acceptors (Lipinski definition) is 4. The summed E-state index contributed by atoms with van der Waals surface area (Å²) < 4.78 is 32.3. The zero-order valence-electron chi connectivity index (χ0n) is 12.4. The van der Waals surface area contributed by atoms with E-state index in [2.05, 4.69) is 4.72 Å². The summed E-state index contributed by atoms with van der Waals surface area (Å²) in [7, 11) is -3.29. The molecule has 1 fully saturated rings. The van der Waals surface area contributed by atoms with E-state index in [4.69, 9.17) is 10.5 Å². The Balaban J connectivity index is 1.75. The molecule has 5 nitrogen and oxygen atoms in total. The molecule has 1 aliphatic carbocycles. The van der Waals surface area contributed by atoms with E-state index in [1.807, 2.05) is 6.92 Å². The summed E-state index contributed by atoms with van der Waals surface area (Å²) in [6, 6.07) is 6.98. The van der Waals surface area contributed by atoms with E-state index in [1.165, 1.54) is 12.8 Å². The first-order valence-corrected chi connectivity index (χ1v) is 9.12. The van der Waals surface area contributed by atoms with Crippen LogP contribution >= 0.6 is 0 Å². The summed E-state index contributed by atoms with van der Waals surface area (Å²) in [6.07, 6.45) is 4.25. The highest BCUT2D eigenvalue weighted by molar-refractivity contribution is 7.89. The van der Waals surface area contributed by atoms with Crippen LogP contribution in [-0.4, -0.2) is 26.8 Å². The first-order chi connectivity index (χ1) is 9.98. The molecule has 0 spiro atoms. The van der Waals surface area contributed by atoms with Gasteiger partial charge in [0.15, 0.2) is 0 Å². The summed E-state index contributed by atoms with van der Waals surface area (Å²) in [4.78, 5) is 0. The predicted octanol–water partition coefficient (Wildman–Crippen LogP) is 2.15. The van der Waals surface area contributed by atoms with Gasteiger partial charge in [0.05, 0.1) is 5.75 Å². The van der Waals surface area contributed by atoms with E-state index in [0.717, 1.165) is 12.8 Å². The Kier molecular flexibility index (Phi) is 5.47. The number of nitrogens with two attached hydrogens (primary N) is 1. The molecule has 1 aliphatic rings. The molecular formula is C15H24N2O3S. The van der Waals surface area contributed by atoms with Crippen molar-refractivity contribution >= 4 is 15.7 Å². The molecule has 1 unspecified atom stereocenters. The van der Waals surface area contributed by atoms with E-state index in [9.17, 15) is 8.42 Å². The minimum atomic E-state index is -3.29. The second-order valence-corrected chi connectivity index (χ2v) is 7.51. The minimum Gasteiger partial charge on any atom is -0.492 e. The SMILES string of the molecule is CCC(CC1CC1)NS(=O)(=O)CCOc1ccc(N)cc1. The smallest absolute Gasteiger partial charge is 0.215 e. The van der Waals surface area contributed by atoms with Crippen LogP contribution in [0.4, 0.5) is 5.69 Å². The molecule has 0 heterocycles. The molecule has 1 atom stereocenters. The molecule has 0 radical (unpaired) electrons. The normalized spacial score (nSPS) is 16.6. The molecular weight excluding hydrogens is 288 g/mol. The van der Waals surface area contributed by atoms with Crippen LogP contribution in [0.3, 0.4) is 0 Å². The first-order valence-electron chi connectivity index (χ1n) is 7.47. The molecule has 0 amide bonds. The van der Waals surface area contributed by atoms with Crippen LogP contribution in [0.1, 0.15) is 32.6 Å². The Morgan fingerprint density at radius 1 is 1.33 bits per heavy atom. The molecule has 1 aromatic carbocycles. The van der Waals surface area contributed by atoms with Gasteiger partial charge in [-0.1, -0.05) is 19.8 Å². The number of hydrogen-bond donors (Lipinski definition) is 2. The van der Waals surface area contributed by atoms with Gasteiger partial charge < -0.3 is 10.5 Å². The molecule has 3 N–H and O–H groups in total. The molecule has 0 saturated heterocycles. The van der Waals surface area contributed by atoms with Crippen molar-refractivity contribution in [3.63, 3.8) is 0 Å². The highest BCUT2D eigenvalue weighted by atomic mass is 32.2. The fourth-order valence-electron chi connectivity index (χ4n) is 2.20. The Morgan fingerprint density at radius 2 is 2.00 bits per heavy atom.